The van der Waals surface area contributed by atoms with E-state index in [9.17, 15) is 4.79 Å². The van der Waals surface area contributed by atoms with Gasteiger partial charge in [0.05, 0.1) is 0 Å². The molecule has 0 atom stereocenters. The van der Waals surface area contributed by atoms with Crippen LogP contribution >= 0.6 is 24.0 Å². The minimum Gasteiger partial charge on any atom is -0.307 e. The van der Waals surface area contributed by atoms with Gasteiger partial charge in [0.2, 0.25) is 0 Å². The van der Waals surface area contributed by atoms with Crippen LogP contribution in [0.25, 0.3) is 0 Å². The summed E-state index contributed by atoms with van der Waals surface area (Å²) in [5, 5.41) is 2.30. The number of aromatic nitrogens is 1. The SMILES string of the molecule is C=C1SC(=O)NC1=S.c1ccncc1. The molecule has 0 aliphatic carbocycles. The fourth-order valence-electron chi connectivity index (χ4n) is 0.659. The van der Waals surface area contributed by atoms with Crippen molar-refractivity contribution in [3.05, 3.63) is 42.1 Å². The summed E-state index contributed by atoms with van der Waals surface area (Å²) in [6.45, 7) is 3.52. The number of nitrogens with zero attached hydrogens (tertiary/aromatic N) is 1. The number of thioether (sulfide) groups is 1. The third-order valence-electron chi connectivity index (χ3n) is 1.25. The lowest BCUT2D eigenvalue weighted by molar-refractivity contribution is 0.265. The van der Waals surface area contributed by atoms with Gasteiger partial charge in [-0.15, -0.1) is 0 Å². The highest BCUT2D eigenvalue weighted by Crippen LogP contribution is 2.21. The first-order valence-corrected chi connectivity index (χ1v) is 4.99. The van der Waals surface area contributed by atoms with Crippen molar-refractivity contribution in [1.82, 2.24) is 10.3 Å². The number of hydrogen-bond acceptors (Lipinski definition) is 4. The Morgan fingerprint density at radius 3 is 2.14 bits per heavy atom. The lowest BCUT2D eigenvalue weighted by Crippen LogP contribution is -2.15. The molecule has 0 spiro atoms. The van der Waals surface area contributed by atoms with Gasteiger partial charge in [0.1, 0.15) is 4.99 Å². The van der Waals surface area contributed by atoms with Crippen LogP contribution in [-0.2, 0) is 0 Å². The quantitative estimate of drug-likeness (QED) is 0.542. The van der Waals surface area contributed by atoms with Crippen molar-refractivity contribution in [2.75, 3.05) is 0 Å². The molecule has 0 radical (unpaired) electrons. The van der Waals surface area contributed by atoms with Gasteiger partial charge in [0, 0.05) is 17.3 Å². The zero-order valence-electron chi connectivity index (χ0n) is 7.27. The molecule has 1 amide bonds. The van der Waals surface area contributed by atoms with Gasteiger partial charge in [-0.3, -0.25) is 9.78 Å². The molecule has 1 aliphatic heterocycles. The van der Waals surface area contributed by atoms with E-state index in [4.69, 9.17) is 0 Å². The average molecular weight is 224 g/mol. The lowest BCUT2D eigenvalue weighted by atomic mass is 10.5. The summed E-state index contributed by atoms with van der Waals surface area (Å²) in [7, 11) is 0. The Balaban J connectivity index is 0.000000146. The number of carbonyl (C=O) groups excluding carboxylic acids is 1. The monoisotopic (exact) mass is 224 g/mol. The van der Waals surface area contributed by atoms with Crippen molar-refractivity contribution in [2.24, 2.45) is 0 Å². The van der Waals surface area contributed by atoms with Gasteiger partial charge in [-0.2, -0.15) is 0 Å². The first-order chi connectivity index (χ1) is 6.70. The molecule has 1 saturated heterocycles. The molecule has 1 aliphatic rings. The first kappa shape index (κ1) is 10.9. The van der Waals surface area contributed by atoms with Crippen molar-refractivity contribution in [1.29, 1.82) is 0 Å². The van der Waals surface area contributed by atoms with E-state index in [0.717, 1.165) is 11.8 Å². The Kier molecular flexibility index (Phi) is 4.28. The van der Waals surface area contributed by atoms with E-state index in [0.29, 0.717) is 9.89 Å². The van der Waals surface area contributed by atoms with Gasteiger partial charge >= 0.3 is 0 Å². The maximum atomic E-state index is 10.4. The first-order valence-electron chi connectivity index (χ1n) is 3.77. The molecule has 2 heterocycles. The van der Waals surface area contributed by atoms with Gasteiger partial charge in [0.25, 0.3) is 5.24 Å². The van der Waals surface area contributed by atoms with Gasteiger partial charge in [-0.25, -0.2) is 0 Å². The number of hydrogen-bond donors (Lipinski definition) is 1. The van der Waals surface area contributed by atoms with Crippen LogP contribution in [0.15, 0.2) is 42.1 Å². The van der Waals surface area contributed by atoms with E-state index in [2.05, 4.69) is 29.1 Å². The van der Waals surface area contributed by atoms with E-state index in [1.54, 1.807) is 12.4 Å². The second kappa shape index (κ2) is 5.51. The van der Waals surface area contributed by atoms with E-state index in [1.807, 2.05) is 18.2 Å². The van der Waals surface area contributed by atoms with Crippen LogP contribution in [0.3, 0.4) is 0 Å². The molecule has 1 aromatic rings. The van der Waals surface area contributed by atoms with Crippen LogP contribution < -0.4 is 5.32 Å². The Labute approximate surface area is 91.6 Å². The summed E-state index contributed by atoms with van der Waals surface area (Å²) >= 11 is 5.71. The summed E-state index contributed by atoms with van der Waals surface area (Å²) in [6.07, 6.45) is 3.50. The van der Waals surface area contributed by atoms with Crippen LogP contribution in [0.2, 0.25) is 0 Å². The van der Waals surface area contributed by atoms with Crippen LogP contribution in [0.5, 0.6) is 0 Å². The highest BCUT2D eigenvalue weighted by molar-refractivity contribution is 8.19. The molecule has 1 N–H and O–H groups in total. The Morgan fingerprint density at radius 1 is 1.36 bits per heavy atom. The smallest absolute Gasteiger partial charge is 0.289 e. The molecule has 5 heteroatoms. The minimum atomic E-state index is -0.125. The third-order valence-corrected chi connectivity index (χ3v) is 2.47. The molecular formula is C9H8N2OS2. The number of carbonyl (C=O) groups is 1. The van der Waals surface area contributed by atoms with Gasteiger partial charge in [-0.05, 0) is 23.9 Å². The number of pyridine rings is 1. The highest BCUT2D eigenvalue weighted by Gasteiger charge is 2.18. The van der Waals surface area contributed by atoms with Crippen LogP contribution in [0.1, 0.15) is 0 Å². The normalized spacial score (nSPS) is 14.4. The Morgan fingerprint density at radius 2 is 2.00 bits per heavy atom. The molecule has 3 nitrogen and oxygen atoms in total. The predicted molar refractivity (Wildman–Crippen MR) is 62.1 cm³/mol. The standard InChI is InChI=1S/C5H5N.C4H3NOS2/c1-2-4-6-5-3-1;1-2-3(7)5-4(6)8-2/h1-5H;1H2,(H,5,6,7). The number of amides is 1. The predicted octanol–water partition coefficient (Wildman–Crippen LogP) is 2.37. The second-order valence-electron chi connectivity index (χ2n) is 2.29. The fourth-order valence-corrected chi connectivity index (χ4v) is 1.46. The maximum absolute atomic E-state index is 10.4. The zero-order chi connectivity index (χ0) is 10.4. The molecule has 1 fully saturated rings. The maximum Gasteiger partial charge on any atom is 0.289 e. The van der Waals surface area contributed by atoms with Crippen molar-refractivity contribution in [2.45, 2.75) is 0 Å². The molecule has 0 saturated carbocycles. The van der Waals surface area contributed by atoms with Crippen LogP contribution in [0.4, 0.5) is 4.79 Å². The third kappa shape index (κ3) is 3.68. The topological polar surface area (TPSA) is 42.0 Å². The fraction of sp³-hybridized carbons (Fsp3) is 0. The molecule has 1 aromatic heterocycles. The number of rotatable bonds is 0. The lowest BCUT2D eigenvalue weighted by Gasteiger charge is -1.83. The number of nitrogens with one attached hydrogen (secondary N) is 1. The van der Waals surface area contributed by atoms with Crippen molar-refractivity contribution in [3.63, 3.8) is 0 Å². The second-order valence-corrected chi connectivity index (χ2v) is 3.77. The molecular weight excluding hydrogens is 216 g/mol. The molecule has 2 rings (SSSR count). The van der Waals surface area contributed by atoms with Crippen LogP contribution in [0, 0.1) is 0 Å². The Hall–Kier alpha value is -1.20. The van der Waals surface area contributed by atoms with Gasteiger partial charge in [-0.1, -0.05) is 24.9 Å². The summed E-state index contributed by atoms with van der Waals surface area (Å²) in [6, 6.07) is 5.72. The summed E-state index contributed by atoms with van der Waals surface area (Å²) < 4.78 is 0. The van der Waals surface area contributed by atoms with Gasteiger partial charge in [0.15, 0.2) is 0 Å². The largest absolute Gasteiger partial charge is 0.307 e. The summed E-state index contributed by atoms with van der Waals surface area (Å²) in [5.41, 5.74) is 0. The zero-order valence-corrected chi connectivity index (χ0v) is 8.90. The molecule has 0 aromatic carbocycles. The molecule has 0 unspecified atom stereocenters. The van der Waals surface area contributed by atoms with Crippen molar-refractivity contribution >= 4 is 34.2 Å². The summed E-state index contributed by atoms with van der Waals surface area (Å²) in [5.74, 6) is 0. The molecule has 14 heavy (non-hydrogen) atoms. The van der Waals surface area contributed by atoms with Crippen LogP contribution in [-0.4, -0.2) is 15.2 Å². The van der Waals surface area contributed by atoms with Crippen molar-refractivity contribution < 1.29 is 4.79 Å². The van der Waals surface area contributed by atoms with E-state index >= 15 is 0 Å². The number of thiocarbonyl (C=S) groups is 1. The molecule has 72 valence electrons. The average Bonchev–Trinajstić information content (AvgIpc) is 2.48. The van der Waals surface area contributed by atoms with E-state index < -0.39 is 0 Å². The van der Waals surface area contributed by atoms with E-state index in [-0.39, 0.29) is 5.24 Å². The van der Waals surface area contributed by atoms with Crippen molar-refractivity contribution in [3.8, 4) is 0 Å². The minimum absolute atomic E-state index is 0.125. The summed E-state index contributed by atoms with van der Waals surface area (Å²) in [4.78, 5) is 15.3. The molecule has 0 bridgehead atoms. The Bertz CT molecular complexity index is 306. The highest BCUT2D eigenvalue weighted by atomic mass is 32.2. The van der Waals surface area contributed by atoms with E-state index in [1.165, 1.54) is 0 Å². The van der Waals surface area contributed by atoms with Gasteiger partial charge < -0.3 is 5.32 Å².